The molecule has 0 saturated heterocycles. The minimum absolute atomic E-state index is 1.09. The third kappa shape index (κ3) is 5.78. The first-order valence-corrected chi connectivity index (χ1v) is 20.1. The fourth-order valence-corrected chi connectivity index (χ4v) is 9.52. The van der Waals surface area contributed by atoms with Gasteiger partial charge in [-0.25, -0.2) is 0 Å². The van der Waals surface area contributed by atoms with Crippen LogP contribution in [0.25, 0.3) is 81.0 Å². The Morgan fingerprint density at radius 1 is 0.386 bits per heavy atom. The molecular weight excluding hydrogens is 711 g/mol. The molecule has 268 valence electrons. The predicted octanol–water partition coefficient (Wildman–Crippen LogP) is 15.0. The molecule has 0 unspecified atom stereocenters. The molecule has 0 aliphatic rings. The molecule has 11 aromatic rings. The van der Waals surface area contributed by atoms with E-state index in [1.807, 2.05) is 23.7 Å². The van der Waals surface area contributed by atoms with Crippen molar-refractivity contribution in [3.8, 4) is 39.1 Å². The lowest BCUT2D eigenvalue weighted by Gasteiger charge is -2.28. The smallest absolute Gasteiger partial charge is 0.0547 e. The lowest BCUT2D eigenvalue weighted by molar-refractivity contribution is 1.19. The highest BCUT2D eigenvalue weighted by Crippen LogP contribution is 2.43. The van der Waals surface area contributed by atoms with Crippen LogP contribution < -0.4 is 4.90 Å². The molecule has 8 aromatic carbocycles. The number of rotatable bonds is 7. The monoisotopic (exact) mass is 745 g/mol. The Morgan fingerprint density at radius 2 is 1.05 bits per heavy atom. The highest BCUT2D eigenvalue weighted by molar-refractivity contribution is 7.25. The number of hydrogen-bond acceptors (Lipinski definition) is 3. The van der Waals surface area contributed by atoms with E-state index in [4.69, 9.17) is 0 Å². The zero-order valence-corrected chi connectivity index (χ0v) is 31.8. The molecule has 0 atom stereocenters. The number of para-hydroxylation sites is 3. The summed E-state index contributed by atoms with van der Waals surface area (Å²) in [7, 11) is 0. The third-order valence-corrected chi connectivity index (χ3v) is 12.2. The second kappa shape index (κ2) is 13.8. The van der Waals surface area contributed by atoms with Gasteiger partial charge in [0, 0.05) is 66.0 Å². The number of fused-ring (bicyclic) bond motifs is 6. The van der Waals surface area contributed by atoms with Crippen LogP contribution in [-0.4, -0.2) is 9.55 Å². The molecule has 0 amide bonds. The molecule has 0 spiro atoms. The summed E-state index contributed by atoms with van der Waals surface area (Å²) in [6.45, 7) is 0. The Hall–Kier alpha value is -7.27. The van der Waals surface area contributed by atoms with E-state index in [0.717, 1.165) is 39.3 Å². The van der Waals surface area contributed by atoms with Gasteiger partial charge in [-0.1, -0.05) is 115 Å². The van der Waals surface area contributed by atoms with Crippen molar-refractivity contribution in [1.82, 2.24) is 9.55 Å². The topological polar surface area (TPSA) is 21.1 Å². The summed E-state index contributed by atoms with van der Waals surface area (Å²) in [6.07, 6.45) is 3.70. The molecule has 0 saturated carbocycles. The molecule has 3 heterocycles. The van der Waals surface area contributed by atoms with Gasteiger partial charge in [-0.15, -0.1) is 11.3 Å². The van der Waals surface area contributed by atoms with Gasteiger partial charge in [0.05, 0.1) is 16.7 Å². The van der Waals surface area contributed by atoms with Crippen LogP contribution in [0.5, 0.6) is 0 Å². The van der Waals surface area contributed by atoms with Gasteiger partial charge in [0.15, 0.2) is 0 Å². The van der Waals surface area contributed by atoms with Crippen molar-refractivity contribution in [2.45, 2.75) is 0 Å². The molecular formula is C53H35N3S. The number of benzene rings is 8. The molecule has 0 radical (unpaired) electrons. The molecule has 0 bridgehead atoms. The molecule has 3 nitrogen and oxygen atoms in total. The normalized spacial score (nSPS) is 11.5. The van der Waals surface area contributed by atoms with Crippen LogP contribution in [0, 0.1) is 0 Å². The minimum atomic E-state index is 1.09. The average molecular weight is 746 g/mol. The van der Waals surface area contributed by atoms with Crippen molar-refractivity contribution in [3.63, 3.8) is 0 Å². The number of thiophene rings is 1. The highest BCUT2D eigenvalue weighted by atomic mass is 32.1. The molecule has 57 heavy (non-hydrogen) atoms. The Morgan fingerprint density at radius 3 is 1.95 bits per heavy atom. The van der Waals surface area contributed by atoms with E-state index in [1.54, 1.807) is 0 Å². The van der Waals surface area contributed by atoms with E-state index < -0.39 is 0 Å². The van der Waals surface area contributed by atoms with Crippen molar-refractivity contribution in [1.29, 1.82) is 0 Å². The standard InChI is InChI=1S/C53H35N3S/c1-2-15-41(16-3-1)55(42-17-11-13-38(33-42)36-28-30-54-31-29-36)49-21-7-4-18-44(49)40-14-10-12-37(32-40)39-24-26-46-45-19-5-8-22-50(45)56(51(46)34-39)43-25-27-53-48(35-43)47-20-6-9-23-52(47)57-53/h1-35H. The van der Waals surface area contributed by atoms with Gasteiger partial charge in [0.25, 0.3) is 0 Å². The van der Waals surface area contributed by atoms with E-state index in [0.29, 0.717) is 0 Å². The predicted molar refractivity (Wildman–Crippen MR) is 242 cm³/mol. The van der Waals surface area contributed by atoms with Crippen molar-refractivity contribution in [2.75, 3.05) is 4.90 Å². The number of hydrogen-bond donors (Lipinski definition) is 0. The van der Waals surface area contributed by atoms with Crippen LogP contribution in [0.3, 0.4) is 0 Å². The van der Waals surface area contributed by atoms with E-state index >= 15 is 0 Å². The average Bonchev–Trinajstić information content (AvgIpc) is 3.82. The summed E-state index contributed by atoms with van der Waals surface area (Å²) in [6, 6.07) is 72.7. The summed E-state index contributed by atoms with van der Waals surface area (Å²) >= 11 is 1.86. The zero-order valence-electron chi connectivity index (χ0n) is 31.0. The Kier molecular flexibility index (Phi) is 8.01. The molecule has 3 aromatic heterocycles. The second-order valence-corrected chi connectivity index (χ2v) is 15.5. The summed E-state index contributed by atoms with van der Waals surface area (Å²) in [5.41, 5.74) is 13.8. The first-order valence-electron chi connectivity index (χ1n) is 19.3. The highest BCUT2D eigenvalue weighted by Gasteiger charge is 2.19. The Labute approximate surface area is 335 Å². The van der Waals surface area contributed by atoms with Crippen LogP contribution >= 0.6 is 11.3 Å². The SMILES string of the molecule is c1ccc(N(c2cccc(-c3ccncc3)c2)c2ccccc2-c2cccc(-c3ccc4c5ccccc5n(-c5ccc6sc7ccccc7c6c5)c4c3)c2)cc1. The maximum absolute atomic E-state index is 4.25. The summed E-state index contributed by atoms with van der Waals surface area (Å²) in [5.74, 6) is 0. The number of aromatic nitrogens is 2. The van der Waals surface area contributed by atoms with Crippen LogP contribution in [0.15, 0.2) is 213 Å². The fraction of sp³-hybridized carbons (Fsp3) is 0. The minimum Gasteiger partial charge on any atom is -0.310 e. The maximum atomic E-state index is 4.25. The van der Waals surface area contributed by atoms with Crippen LogP contribution in [0.1, 0.15) is 0 Å². The van der Waals surface area contributed by atoms with Gasteiger partial charge in [0.1, 0.15) is 0 Å². The Bertz CT molecular complexity index is 3250. The van der Waals surface area contributed by atoms with Gasteiger partial charge < -0.3 is 9.47 Å². The van der Waals surface area contributed by atoms with E-state index in [2.05, 4.69) is 215 Å². The number of nitrogens with zero attached hydrogens (tertiary/aromatic N) is 3. The van der Waals surface area contributed by atoms with Crippen LogP contribution in [0.2, 0.25) is 0 Å². The van der Waals surface area contributed by atoms with Gasteiger partial charge >= 0.3 is 0 Å². The third-order valence-electron chi connectivity index (χ3n) is 11.1. The second-order valence-electron chi connectivity index (χ2n) is 14.4. The molecule has 0 aliphatic heterocycles. The van der Waals surface area contributed by atoms with Crippen molar-refractivity contribution < 1.29 is 0 Å². The lowest BCUT2D eigenvalue weighted by Crippen LogP contribution is -2.11. The van der Waals surface area contributed by atoms with Gasteiger partial charge in [-0.3, -0.25) is 4.98 Å². The van der Waals surface area contributed by atoms with Gasteiger partial charge in [-0.05, 0) is 113 Å². The summed E-state index contributed by atoms with van der Waals surface area (Å²) < 4.78 is 5.07. The Balaban J connectivity index is 1.04. The quantitative estimate of drug-likeness (QED) is 0.162. The van der Waals surface area contributed by atoms with E-state index in [-0.39, 0.29) is 0 Å². The molecule has 0 N–H and O–H groups in total. The molecule has 0 fully saturated rings. The van der Waals surface area contributed by atoms with Gasteiger partial charge in [-0.2, -0.15) is 0 Å². The van der Waals surface area contributed by atoms with Crippen molar-refractivity contribution in [3.05, 3.63) is 213 Å². The van der Waals surface area contributed by atoms with Crippen molar-refractivity contribution in [2.24, 2.45) is 0 Å². The molecule has 0 aliphatic carbocycles. The zero-order chi connectivity index (χ0) is 37.7. The number of anilines is 3. The maximum Gasteiger partial charge on any atom is 0.0547 e. The largest absolute Gasteiger partial charge is 0.310 e. The summed E-state index contributed by atoms with van der Waals surface area (Å²) in [5, 5.41) is 5.12. The fourth-order valence-electron chi connectivity index (χ4n) is 8.43. The van der Waals surface area contributed by atoms with E-state index in [1.165, 1.54) is 58.8 Å². The lowest BCUT2D eigenvalue weighted by atomic mass is 9.96. The van der Waals surface area contributed by atoms with Crippen molar-refractivity contribution >= 4 is 70.4 Å². The van der Waals surface area contributed by atoms with Crippen LogP contribution in [0.4, 0.5) is 17.1 Å². The molecule has 11 rings (SSSR count). The molecule has 4 heteroatoms. The summed E-state index contributed by atoms with van der Waals surface area (Å²) in [4.78, 5) is 6.61. The first-order chi connectivity index (χ1) is 28.3. The first kappa shape index (κ1) is 33.1. The number of pyridine rings is 1. The van der Waals surface area contributed by atoms with Crippen LogP contribution in [-0.2, 0) is 0 Å². The van der Waals surface area contributed by atoms with Gasteiger partial charge in [0.2, 0.25) is 0 Å². The van der Waals surface area contributed by atoms with E-state index in [9.17, 15) is 0 Å².